The van der Waals surface area contributed by atoms with Crippen molar-refractivity contribution in [3.8, 4) is 6.07 Å². The summed E-state index contributed by atoms with van der Waals surface area (Å²) in [5, 5.41) is 8.38. The minimum Gasteiger partial charge on any atom is -0.394 e. The Labute approximate surface area is 75.0 Å². The van der Waals surface area contributed by atoms with Crippen molar-refractivity contribution in [3.05, 3.63) is 28.2 Å². The molecule has 0 saturated carbocycles. The Kier molecular flexibility index (Phi) is 2.67. The van der Waals surface area contributed by atoms with Crippen molar-refractivity contribution in [3.63, 3.8) is 0 Å². The van der Waals surface area contributed by atoms with Crippen LogP contribution in [0.4, 0.5) is 5.69 Å². The van der Waals surface area contributed by atoms with Crippen LogP contribution in [-0.4, -0.2) is 4.98 Å². The number of hydrogen-bond acceptors (Lipinski definition) is 4. The SMILES string of the molecule is N#CCC(N)c1c[nH]cc(N)c1=O. The van der Waals surface area contributed by atoms with Gasteiger partial charge < -0.3 is 16.5 Å². The largest absolute Gasteiger partial charge is 0.394 e. The molecular formula is C8H10N4O. The zero-order valence-electron chi connectivity index (χ0n) is 6.95. The van der Waals surface area contributed by atoms with Crippen LogP contribution < -0.4 is 16.9 Å². The summed E-state index contributed by atoms with van der Waals surface area (Å²) in [7, 11) is 0. The van der Waals surface area contributed by atoms with Gasteiger partial charge in [0, 0.05) is 24.0 Å². The number of anilines is 1. The van der Waals surface area contributed by atoms with Gasteiger partial charge in [-0.15, -0.1) is 0 Å². The van der Waals surface area contributed by atoms with Crippen LogP contribution in [0.1, 0.15) is 18.0 Å². The standard InChI is InChI=1S/C8H10N4O/c9-2-1-6(10)5-3-12-4-7(11)8(5)13/h3-4,6H,1,10-11H2,(H,12,13). The van der Waals surface area contributed by atoms with Gasteiger partial charge in [0.25, 0.3) is 0 Å². The summed E-state index contributed by atoms with van der Waals surface area (Å²) in [5.74, 6) is 0. The third-order valence-electron chi connectivity index (χ3n) is 1.71. The van der Waals surface area contributed by atoms with Crippen LogP contribution in [0.25, 0.3) is 0 Å². The van der Waals surface area contributed by atoms with E-state index < -0.39 is 6.04 Å². The smallest absolute Gasteiger partial charge is 0.209 e. The minimum atomic E-state index is -0.572. The lowest BCUT2D eigenvalue weighted by Crippen LogP contribution is -2.21. The van der Waals surface area contributed by atoms with Gasteiger partial charge in [0.05, 0.1) is 18.2 Å². The monoisotopic (exact) mass is 178 g/mol. The number of H-pyrrole nitrogens is 1. The van der Waals surface area contributed by atoms with Gasteiger partial charge in [-0.25, -0.2) is 0 Å². The first kappa shape index (κ1) is 9.29. The highest BCUT2D eigenvalue weighted by Gasteiger charge is 2.10. The first-order valence-corrected chi connectivity index (χ1v) is 3.75. The van der Waals surface area contributed by atoms with Gasteiger partial charge in [0.2, 0.25) is 5.43 Å². The second kappa shape index (κ2) is 3.74. The molecule has 1 aromatic heterocycles. The molecule has 68 valence electrons. The molecule has 1 rings (SSSR count). The van der Waals surface area contributed by atoms with E-state index in [0.717, 1.165) is 0 Å². The molecule has 0 aliphatic carbocycles. The van der Waals surface area contributed by atoms with Crippen LogP contribution in [0, 0.1) is 11.3 Å². The normalized spacial score (nSPS) is 12.0. The minimum absolute atomic E-state index is 0.104. The molecule has 1 atom stereocenters. The fraction of sp³-hybridized carbons (Fsp3) is 0.250. The molecule has 1 unspecified atom stereocenters. The third-order valence-corrected chi connectivity index (χ3v) is 1.71. The van der Waals surface area contributed by atoms with E-state index in [0.29, 0.717) is 5.56 Å². The zero-order valence-corrected chi connectivity index (χ0v) is 6.95. The van der Waals surface area contributed by atoms with E-state index in [1.165, 1.54) is 12.4 Å². The Morgan fingerprint density at radius 1 is 1.62 bits per heavy atom. The highest BCUT2D eigenvalue weighted by Crippen LogP contribution is 2.08. The van der Waals surface area contributed by atoms with Crippen molar-refractivity contribution in [1.29, 1.82) is 5.26 Å². The Morgan fingerprint density at radius 2 is 2.31 bits per heavy atom. The summed E-state index contributed by atoms with van der Waals surface area (Å²) in [4.78, 5) is 14.0. The Bertz CT molecular complexity index is 390. The number of nitriles is 1. The summed E-state index contributed by atoms with van der Waals surface area (Å²) in [6, 6.07) is 1.32. The predicted octanol–water partition coefficient (Wildman–Crippen LogP) is -0.129. The molecular weight excluding hydrogens is 168 g/mol. The third kappa shape index (κ3) is 1.86. The van der Waals surface area contributed by atoms with Crippen LogP contribution in [0.3, 0.4) is 0 Å². The number of pyridine rings is 1. The molecule has 0 spiro atoms. The second-order valence-electron chi connectivity index (χ2n) is 2.66. The predicted molar refractivity (Wildman–Crippen MR) is 48.6 cm³/mol. The first-order valence-electron chi connectivity index (χ1n) is 3.75. The fourth-order valence-electron chi connectivity index (χ4n) is 1.00. The average Bonchev–Trinajstić information content (AvgIpc) is 2.10. The number of nitrogens with zero attached hydrogens (tertiary/aromatic N) is 1. The molecule has 5 nitrogen and oxygen atoms in total. The van der Waals surface area contributed by atoms with Gasteiger partial charge in [0.1, 0.15) is 0 Å². The van der Waals surface area contributed by atoms with Gasteiger partial charge in [-0.3, -0.25) is 4.79 Å². The van der Waals surface area contributed by atoms with Crippen molar-refractivity contribution in [1.82, 2.24) is 4.98 Å². The van der Waals surface area contributed by atoms with Crippen molar-refractivity contribution in [2.45, 2.75) is 12.5 Å². The maximum Gasteiger partial charge on any atom is 0.209 e. The number of nitrogens with two attached hydrogens (primary N) is 2. The van der Waals surface area contributed by atoms with E-state index in [-0.39, 0.29) is 17.5 Å². The Morgan fingerprint density at radius 3 is 2.92 bits per heavy atom. The second-order valence-corrected chi connectivity index (χ2v) is 2.66. The molecule has 13 heavy (non-hydrogen) atoms. The molecule has 0 aliphatic rings. The average molecular weight is 178 g/mol. The molecule has 0 bridgehead atoms. The molecule has 0 amide bonds. The molecule has 0 saturated heterocycles. The maximum absolute atomic E-state index is 11.4. The lowest BCUT2D eigenvalue weighted by Gasteiger charge is -2.06. The van der Waals surface area contributed by atoms with E-state index in [9.17, 15) is 4.79 Å². The molecule has 0 radical (unpaired) electrons. The summed E-state index contributed by atoms with van der Waals surface area (Å²) < 4.78 is 0. The van der Waals surface area contributed by atoms with Crippen molar-refractivity contribution >= 4 is 5.69 Å². The highest BCUT2D eigenvalue weighted by molar-refractivity contribution is 5.38. The van der Waals surface area contributed by atoms with Crippen LogP contribution in [0.15, 0.2) is 17.2 Å². The molecule has 0 fully saturated rings. The summed E-state index contributed by atoms with van der Waals surface area (Å²) in [6.07, 6.45) is 2.97. The summed E-state index contributed by atoms with van der Waals surface area (Å²) >= 11 is 0. The zero-order chi connectivity index (χ0) is 9.84. The van der Waals surface area contributed by atoms with Gasteiger partial charge in [-0.2, -0.15) is 5.26 Å². The van der Waals surface area contributed by atoms with E-state index in [2.05, 4.69) is 4.98 Å². The number of nitrogens with one attached hydrogen (secondary N) is 1. The lowest BCUT2D eigenvalue weighted by molar-refractivity contribution is 0.738. The Hall–Kier alpha value is -1.80. The number of nitrogen functional groups attached to an aromatic ring is 1. The van der Waals surface area contributed by atoms with Crippen LogP contribution in [0.2, 0.25) is 0 Å². The van der Waals surface area contributed by atoms with E-state index in [4.69, 9.17) is 16.7 Å². The van der Waals surface area contributed by atoms with Crippen molar-refractivity contribution in [2.75, 3.05) is 5.73 Å². The van der Waals surface area contributed by atoms with E-state index >= 15 is 0 Å². The number of aromatic amines is 1. The summed E-state index contributed by atoms with van der Waals surface area (Å²) in [6.45, 7) is 0. The van der Waals surface area contributed by atoms with E-state index in [1.807, 2.05) is 6.07 Å². The van der Waals surface area contributed by atoms with E-state index in [1.54, 1.807) is 0 Å². The molecule has 1 aromatic rings. The van der Waals surface area contributed by atoms with Gasteiger partial charge >= 0.3 is 0 Å². The van der Waals surface area contributed by atoms with Crippen LogP contribution in [-0.2, 0) is 0 Å². The molecule has 0 aromatic carbocycles. The first-order chi connectivity index (χ1) is 6.16. The van der Waals surface area contributed by atoms with Gasteiger partial charge in [0.15, 0.2) is 0 Å². The topological polar surface area (TPSA) is 109 Å². The summed E-state index contributed by atoms with van der Waals surface area (Å²) in [5.41, 5.74) is 11.1. The van der Waals surface area contributed by atoms with Crippen LogP contribution >= 0.6 is 0 Å². The van der Waals surface area contributed by atoms with Crippen molar-refractivity contribution < 1.29 is 0 Å². The number of rotatable bonds is 2. The molecule has 5 N–H and O–H groups in total. The Balaban J connectivity index is 3.10. The van der Waals surface area contributed by atoms with Gasteiger partial charge in [-0.1, -0.05) is 0 Å². The molecule has 1 heterocycles. The van der Waals surface area contributed by atoms with Crippen LogP contribution in [0.5, 0.6) is 0 Å². The molecule has 0 aliphatic heterocycles. The lowest BCUT2D eigenvalue weighted by atomic mass is 10.1. The number of hydrogen-bond donors (Lipinski definition) is 3. The molecule has 5 heteroatoms. The maximum atomic E-state index is 11.4. The fourth-order valence-corrected chi connectivity index (χ4v) is 1.00. The highest BCUT2D eigenvalue weighted by atomic mass is 16.1. The quantitative estimate of drug-likeness (QED) is 0.586. The van der Waals surface area contributed by atoms with Gasteiger partial charge in [-0.05, 0) is 0 Å². The number of aromatic nitrogens is 1. The van der Waals surface area contributed by atoms with Crippen molar-refractivity contribution in [2.24, 2.45) is 5.73 Å².